The van der Waals surface area contributed by atoms with Crippen molar-refractivity contribution in [2.45, 2.75) is 65.7 Å². The van der Waals surface area contributed by atoms with Crippen molar-refractivity contribution in [1.82, 2.24) is 0 Å². The highest BCUT2D eigenvalue weighted by atomic mass is 16.4. The third-order valence-electron chi connectivity index (χ3n) is 5.45. The summed E-state index contributed by atoms with van der Waals surface area (Å²) in [6.45, 7) is 6.51. The van der Waals surface area contributed by atoms with E-state index in [1.54, 1.807) is 0 Å². The molecule has 0 aromatic heterocycles. The summed E-state index contributed by atoms with van der Waals surface area (Å²) in [6, 6.07) is 15.5. The largest absolute Gasteiger partial charge is 0.477 e. The predicted molar refractivity (Wildman–Crippen MR) is 119 cm³/mol. The lowest BCUT2D eigenvalue weighted by atomic mass is 9.83. The lowest BCUT2D eigenvalue weighted by molar-refractivity contribution is -0.132. The lowest BCUT2D eigenvalue weighted by Gasteiger charge is -2.20. The molecule has 152 valence electrons. The molecule has 0 fully saturated rings. The van der Waals surface area contributed by atoms with E-state index in [4.69, 9.17) is 0 Å². The van der Waals surface area contributed by atoms with Gasteiger partial charge in [0.05, 0.1) is 0 Å². The van der Waals surface area contributed by atoms with Crippen LogP contribution in [0.3, 0.4) is 0 Å². The number of unbranched alkanes of at least 4 members (excludes halogenated alkanes) is 3. The molecule has 0 saturated heterocycles. The Labute approximate surface area is 174 Å². The highest BCUT2D eigenvalue weighted by Gasteiger charge is 2.22. The van der Waals surface area contributed by atoms with E-state index in [0.717, 1.165) is 43.2 Å². The number of carboxylic acid groups (broad SMARTS) is 1. The molecule has 1 N–H and O–H groups in total. The summed E-state index contributed by atoms with van der Waals surface area (Å²) in [5, 5.41) is 19.4. The van der Waals surface area contributed by atoms with Crippen LogP contribution in [0.5, 0.6) is 0 Å². The molecule has 0 aliphatic rings. The monoisotopic (exact) mass is 389 g/mol. The van der Waals surface area contributed by atoms with Gasteiger partial charge in [-0.05, 0) is 53.5 Å². The number of benzene rings is 2. The first kappa shape index (κ1) is 22.4. The van der Waals surface area contributed by atoms with E-state index < -0.39 is 5.97 Å². The van der Waals surface area contributed by atoms with Crippen LogP contribution in [-0.4, -0.2) is 11.1 Å². The van der Waals surface area contributed by atoms with Gasteiger partial charge in [0.1, 0.15) is 11.6 Å². The number of carboxylic acids is 1. The zero-order valence-electron chi connectivity index (χ0n) is 17.8. The molecule has 29 heavy (non-hydrogen) atoms. The van der Waals surface area contributed by atoms with Crippen molar-refractivity contribution in [3.8, 4) is 6.07 Å². The normalized spacial score (nSPS) is 11.7. The van der Waals surface area contributed by atoms with E-state index >= 15 is 0 Å². The number of rotatable bonds is 10. The maximum Gasteiger partial charge on any atom is 0.347 e. The first-order valence-electron chi connectivity index (χ1n) is 10.7. The Kier molecular flexibility index (Phi) is 8.68. The maximum absolute atomic E-state index is 11.9. The third-order valence-corrected chi connectivity index (χ3v) is 5.45. The SMILES string of the molecule is CCCCCCc1c(C(=C(C#N)C(=O)O)c2ccccc2)ccc(CC)c1CC. The molecule has 0 unspecified atom stereocenters. The van der Waals surface area contributed by atoms with Crippen molar-refractivity contribution >= 4 is 11.5 Å². The molecule has 0 saturated carbocycles. The van der Waals surface area contributed by atoms with Crippen molar-refractivity contribution in [3.05, 3.63) is 75.9 Å². The van der Waals surface area contributed by atoms with Crippen LogP contribution < -0.4 is 0 Å². The average molecular weight is 390 g/mol. The van der Waals surface area contributed by atoms with Gasteiger partial charge in [0.25, 0.3) is 0 Å². The predicted octanol–water partition coefficient (Wildman–Crippen LogP) is 6.34. The number of hydrogen-bond donors (Lipinski definition) is 1. The highest BCUT2D eigenvalue weighted by molar-refractivity contribution is 6.04. The molecule has 2 aromatic carbocycles. The number of aliphatic carboxylic acids is 1. The number of nitrogens with zero attached hydrogens (tertiary/aromatic N) is 1. The Bertz CT molecular complexity index is 904. The number of nitriles is 1. The van der Waals surface area contributed by atoms with Crippen molar-refractivity contribution in [2.24, 2.45) is 0 Å². The molecular formula is C26H31NO2. The molecule has 0 heterocycles. The molecule has 0 atom stereocenters. The second-order valence-electron chi connectivity index (χ2n) is 7.28. The fourth-order valence-electron chi connectivity index (χ4n) is 4.01. The Morgan fingerprint density at radius 1 is 0.931 bits per heavy atom. The zero-order chi connectivity index (χ0) is 21.2. The molecule has 0 aliphatic carbocycles. The molecular weight excluding hydrogens is 358 g/mol. The van der Waals surface area contributed by atoms with Gasteiger partial charge in [0.2, 0.25) is 0 Å². The summed E-state index contributed by atoms with van der Waals surface area (Å²) in [6.07, 6.45) is 7.35. The Morgan fingerprint density at radius 2 is 1.66 bits per heavy atom. The molecule has 2 rings (SSSR count). The molecule has 3 heteroatoms. The first-order valence-corrected chi connectivity index (χ1v) is 10.7. The Hall–Kier alpha value is -2.86. The molecule has 3 nitrogen and oxygen atoms in total. The van der Waals surface area contributed by atoms with Crippen molar-refractivity contribution in [3.63, 3.8) is 0 Å². The standard InChI is InChI=1S/C26H31NO2/c1-4-7-8-12-15-22-21(6-3)19(5-2)16-17-23(22)25(24(18-27)26(28)29)20-13-10-9-11-14-20/h9-11,13-14,16-17H,4-8,12,15H2,1-3H3,(H,28,29). The van der Waals surface area contributed by atoms with E-state index in [9.17, 15) is 15.2 Å². The summed E-state index contributed by atoms with van der Waals surface area (Å²) in [4.78, 5) is 11.9. The summed E-state index contributed by atoms with van der Waals surface area (Å²) >= 11 is 0. The topological polar surface area (TPSA) is 61.1 Å². The van der Waals surface area contributed by atoms with Gasteiger partial charge < -0.3 is 5.11 Å². The first-order chi connectivity index (χ1) is 14.1. The second-order valence-corrected chi connectivity index (χ2v) is 7.28. The fourth-order valence-corrected chi connectivity index (χ4v) is 4.01. The molecule has 0 radical (unpaired) electrons. The summed E-state index contributed by atoms with van der Waals surface area (Å²) in [5.74, 6) is -1.18. The number of aryl methyl sites for hydroxylation is 1. The van der Waals surface area contributed by atoms with Crippen LogP contribution in [0.4, 0.5) is 0 Å². The minimum Gasteiger partial charge on any atom is -0.477 e. The summed E-state index contributed by atoms with van der Waals surface area (Å²) in [5.41, 5.74) is 5.81. The van der Waals surface area contributed by atoms with Gasteiger partial charge in [-0.3, -0.25) is 0 Å². The average Bonchev–Trinajstić information content (AvgIpc) is 2.74. The van der Waals surface area contributed by atoms with E-state index in [0.29, 0.717) is 5.57 Å². The van der Waals surface area contributed by atoms with Crippen LogP contribution in [-0.2, 0) is 24.1 Å². The van der Waals surface area contributed by atoms with Gasteiger partial charge >= 0.3 is 5.97 Å². The lowest BCUT2D eigenvalue weighted by Crippen LogP contribution is -2.09. The minimum absolute atomic E-state index is 0.197. The summed E-state index contributed by atoms with van der Waals surface area (Å²) in [7, 11) is 0. The molecule has 0 bridgehead atoms. The molecule has 0 amide bonds. The number of carbonyl (C=O) groups is 1. The van der Waals surface area contributed by atoms with Crippen LogP contribution >= 0.6 is 0 Å². The van der Waals surface area contributed by atoms with Crippen LogP contribution in [0.2, 0.25) is 0 Å². The quantitative estimate of drug-likeness (QED) is 0.293. The van der Waals surface area contributed by atoms with Crippen LogP contribution in [0.15, 0.2) is 48.0 Å². The maximum atomic E-state index is 11.9. The van der Waals surface area contributed by atoms with Gasteiger partial charge in [-0.2, -0.15) is 5.26 Å². The number of hydrogen-bond acceptors (Lipinski definition) is 2. The van der Waals surface area contributed by atoms with E-state index in [1.165, 1.54) is 29.5 Å². The van der Waals surface area contributed by atoms with Gasteiger partial charge in [0.15, 0.2) is 0 Å². The van der Waals surface area contributed by atoms with Gasteiger partial charge in [-0.1, -0.05) is 82.5 Å². The Balaban J connectivity index is 2.76. The molecule has 2 aromatic rings. The van der Waals surface area contributed by atoms with Crippen molar-refractivity contribution < 1.29 is 9.90 Å². The van der Waals surface area contributed by atoms with Crippen LogP contribution in [0, 0.1) is 11.3 Å². The zero-order valence-corrected chi connectivity index (χ0v) is 17.8. The van der Waals surface area contributed by atoms with Crippen molar-refractivity contribution in [2.75, 3.05) is 0 Å². The van der Waals surface area contributed by atoms with Gasteiger partial charge in [-0.15, -0.1) is 0 Å². The second kappa shape index (κ2) is 11.2. The molecule has 0 spiro atoms. The van der Waals surface area contributed by atoms with Gasteiger partial charge in [-0.25, -0.2) is 4.79 Å². The molecule has 0 aliphatic heterocycles. The van der Waals surface area contributed by atoms with Crippen LogP contribution in [0.25, 0.3) is 5.57 Å². The summed E-state index contributed by atoms with van der Waals surface area (Å²) < 4.78 is 0. The highest BCUT2D eigenvalue weighted by Crippen LogP contribution is 2.34. The van der Waals surface area contributed by atoms with E-state index in [-0.39, 0.29) is 5.57 Å². The van der Waals surface area contributed by atoms with E-state index in [1.807, 2.05) is 42.5 Å². The smallest absolute Gasteiger partial charge is 0.347 e. The third kappa shape index (κ3) is 5.35. The van der Waals surface area contributed by atoms with E-state index in [2.05, 4.69) is 26.8 Å². The fraction of sp³-hybridized carbons (Fsp3) is 0.385. The van der Waals surface area contributed by atoms with Crippen molar-refractivity contribution in [1.29, 1.82) is 5.26 Å². The van der Waals surface area contributed by atoms with Crippen LogP contribution in [0.1, 0.15) is 74.3 Å². The Morgan fingerprint density at radius 3 is 2.21 bits per heavy atom. The minimum atomic E-state index is -1.18. The van der Waals surface area contributed by atoms with Gasteiger partial charge in [0, 0.05) is 5.57 Å².